The molecule has 0 heterocycles. The molecule has 23 heavy (non-hydrogen) atoms. The number of halogens is 7. The number of hydrogen-bond acceptors (Lipinski definition) is 2. The molecule has 0 aliphatic rings. The molecular weight excluding hydrogens is 983 g/mol. The zero-order chi connectivity index (χ0) is 20.6. The summed E-state index contributed by atoms with van der Waals surface area (Å²) in [6.45, 7) is 14.6. The monoisotopic (exact) mass is 1010 g/mol. The molecule has 0 aliphatic heterocycles. The van der Waals surface area contributed by atoms with E-state index >= 15 is 0 Å². The van der Waals surface area contributed by atoms with Gasteiger partial charge in [0.15, 0.2) is 0 Å². The summed E-state index contributed by atoms with van der Waals surface area (Å²) < 4.78 is 0. The Bertz CT molecular complexity index is 113. The van der Waals surface area contributed by atoms with Crippen molar-refractivity contribution < 1.29 is 24.6 Å². The van der Waals surface area contributed by atoms with Gasteiger partial charge in [-0.1, -0.05) is 0 Å². The van der Waals surface area contributed by atoms with Gasteiger partial charge in [0.1, 0.15) is 0 Å². The SMILES string of the molecule is CC(C)Cl.CC(C)Cl.CC(C)O.CC(C)O.[I][V]([I])[I].[I][V][I]. The molecule has 2 nitrogen and oxygen atoms in total. The number of alkyl halides is 2. The third-order valence-electron chi connectivity index (χ3n) is 0. The third kappa shape index (κ3) is 619. The van der Waals surface area contributed by atoms with Gasteiger partial charge in [-0.25, -0.2) is 0 Å². The van der Waals surface area contributed by atoms with Crippen molar-refractivity contribution in [1.82, 2.24) is 0 Å². The van der Waals surface area contributed by atoms with Crippen molar-refractivity contribution in [1.29, 1.82) is 0 Å². The number of aliphatic hydroxyl groups excluding tert-OH is 2. The first-order valence-corrected chi connectivity index (χ1v) is 29.8. The van der Waals surface area contributed by atoms with Crippen LogP contribution in [0.1, 0.15) is 55.4 Å². The van der Waals surface area contributed by atoms with Crippen LogP contribution >= 0.6 is 123 Å². The maximum absolute atomic E-state index is 8.06. The molecule has 149 valence electrons. The van der Waals surface area contributed by atoms with Gasteiger partial charge in [-0.2, -0.15) is 0 Å². The Hall–Kier alpha value is 5.32. The minimum atomic E-state index is -0.278. The Kier molecular flexibility index (Phi) is 76.8. The molecule has 0 bridgehead atoms. The average Bonchev–Trinajstić information content (AvgIpc) is 2.11. The summed E-state index contributed by atoms with van der Waals surface area (Å²) in [5.41, 5.74) is 0. The van der Waals surface area contributed by atoms with Crippen LogP contribution in [-0.4, -0.2) is 33.2 Å². The fraction of sp³-hybridized carbons (Fsp3) is 1.00. The first-order valence-electron chi connectivity index (χ1n) is 6.42. The third-order valence-corrected chi connectivity index (χ3v) is 0. The zero-order valence-electron chi connectivity index (χ0n) is 14.7. The Morgan fingerprint density at radius 3 is 0.696 bits per heavy atom. The normalized spacial score (nSPS) is 8.43. The zero-order valence-corrected chi connectivity index (χ0v) is 29.8. The van der Waals surface area contributed by atoms with Crippen molar-refractivity contribution in [2.75, 3.05) is 0 Å². The Morgan fingerprint density at radius 1 is 0.696 bits per heavy atom. The van der Waals surface area contributed by atoms with Crippen LogP contribution in [0.5, 0.6) is 0 Å². The summed E-state index contributed by atoms with van der Waals surface area (Å²) in [6, 6.07) is 0. The van der Waals surface area contributed by atoms with Crippen LogP contribution in [0.4, 0.5) is 0 Å². The summed E-state index contributed by atoms with van der Waals surface area (Å²) in [4.78, 5) is -0.278. The van der Waals surface area contributed by atoms with Gasteiger partial charge in [0.25, 0.3) is 0 Å². The van der Waals surface area contributed by atoms with Crippen LogP contribution in [0.2, 0.25) is 0 Å². The molecule has 0 amide bonds. The van der Waals surface area contributed by atoms with Gasteiger partial charge in [-0.05, 0) is 55.4 Å². The summed E-state index contributed by atoms with van der Waals surface area (Å²) in [5, 5.41) is 16.7. The van der Waals surface area contributed by atoms with E-state index in [2.05, 4.69) is 99.9 Å². The van der Waals surface area contributed by atoms with Crippen molar-refractivity contribution in [3.8, 4) is 0 Å². The van der Waals surface area contributed by atoms with E-state index in [4.69, 9.17) is 33.4 Å². The topological polar surface area (TPSA) is 40.5 Å². The predicted molar refractivity (Wildman–Crippen MR) is 147 cm³/mol. The van der Waals surface area contributed by atoms with Crippen LogP contribution in [-0.2, 0) is 14.4 Å². The van der Waals surface area contributed by atoms with Gasteiger partial charge in [0.2, 0.25) is 0 Å². The van der Waals surface area contributed by atoms with Gasteiger partial charge in [0, 0.05) is 23.0 Å². The van der Waals surface area contributed by atoms with Crippen LogP contribution in [0.3, 0.4) is 0 Å². The summed E-state index contributed by atoms with van der Waals surface area (Å²) in [7, 11) is 0.628. The first-order chi connectivity index (χ1) is 10.1. The van der Waals surface area contributed by atoms with Gasteiger partial charge in [0.05, 0.1) is 0 Å². The minimum absolute atomic E-state index is 0.167. The Labute approximate surface area is 221 Å². The van der Waals surface area contributed by atoms with E-state index in [1.54, 1.807) is 27.7 Å². The van der Waals surface area contributed by atoms with Crippen molar-refractivity contribution in [3.63, 3.8) is 0 Å². The number of hydrogen-bond donors (Lipinski definition) is 2. The van der Waals surface area contributed by atoms with Crippen molar-refractivity contribution in [2.45, 2.75) is 78.4 Å². The molecule has 0 saturated carbocycles. The predicted octanol–water partition coefficient (Wildman–Crippen LogP) is 8.46. The molecule has 0 fully saturated rings. The summed E-state index contributed by atoms with van der Waals surface area (Å²) in [6.07, 6.45) is -0.333. The molecule has 11 heteroatoms. The van der Waals surface area contributed by atoms with Gasteiger partial charge >= 0.3 is 114 Å². The van der Waals surface area contributed by atoms with E-state index in [1.165, 1.54) is 0 Å². The molecule has 0 rings (SSSR count). The van der Waals surface area contributed by atoms with Gasteiger partial charge in [-0.15, -0.1) is 23.2 Å². The molecule has 2 N–H and O–H groups in total. The van der Waals surface area contributed by atoms with E-state index < -0.39 is 0 Å². The first kappa shape index (κ1) is 42.4. The average molecular weight is 1010 g/mol. The van der Waals surface area contributed by atoms with E-state index in [9.17, 15) is 0 Å². The second kappa shape index (κ2) is 41.6. The number of aliphatic hydroxyl groups is 2. The van der Waals surface area contributed by atoms with Crippen LogP contribution < -0.4 is 0 Å². The molecule has 0 aromatic carbocycles. The second-order valence-corrected chi connectivity index (χ2v) is 53.4. The van der Waals surface area contributed by atoms with Crippen LogP contribution in [0.15, 0.2) is 0 Å². The fourth-order valence-electron chi connectivity index (χ4n) is 0. The Morgan fingerprint density at radius 2 is 0.696 bits per heavy atom. The van der Waals surface area contributed by atoms with Crippen molar-refractivity contribution >= 4 is 123 Å². The summed E-state index contributed by atoms with van der Waals surface area (Å²) in [5.74, 6) is 0. The molecular formula is C12H30Cl2I5O2V2. The van der Waals surface area contributed by atoms with Crippen molar-refractivity contribution in [3.05, 3.63) is 0 Å². The fourth-order valence-corrected chi connectivity index (χ4v) is 0. The molecule has 0 aromatic rings. The Balaban J connectivity index is -0.0000000378. The molecule has 0 spiro atoms. The van der Waals surface area contributed by atoms with E-state index in [0.717, 1.165) is 0 Å². The van der Waals surface area contributed by atoms with E-state index in [1.807, 2.05) is 27.7 Å². The maximum atomic E-state index is 8.06. The summed E-state index contributed by atoms with van der Waals surface area (Å²) >= 11 is 22.7. The molecule has 0 radical (unpaired) electrons. The molecule has 0 aromatic heterocycles. The van der Waals surface area contributed by atoms with Crippen molar-refractivity contribution in [2.24, 2.45) is 0 Å². The molecule has 0 saturated heterocycles. The molecule has 0 aliphatic carbocycles. The van der Waals surface area contributed by atoms with E-state index in [0.29, 0.717) is 20.2 Å². The van der Waals surface area contributed by atoms with Gasteiger partial charge in [-0.3, -0.25) is 0 Å². The van der Waals surface area contributed by atoms with Gasteiger partial charge < -0.3 is 10.2 Å². The molecule has 0 atom stereocenters. The molecule has 0 unspecified atom stereocenters. The second-order valence-electron chi connectivity index (χ2n) is 4.47. The van der Waals surface area contributed by atoms with Crippen LogP contribution in [0, 0.1) is 0 Å². The number of rotatable bonds is 0. The van der Waals surface area contributed by atoms with Crippen LogP contribution in [0.25, 0.3) is 0 Å². The standard InChI is InChI=1S/2C3H7Cl.2C3H8O.5HI.2V/c4*1-3(2)4;;;;;;;/h2*3H,1-2H3;2*3-4H,1-2H3;5*1H;;/q;;;;;;;;;+2;+3/p-5. The van der Waals surface area contributed by atoms with E-state index in [-0.39, 0.29) is 17.1 Å². The quantitative estimate of drug-likeness (QED) is 0.189.